The highest BCUT2D eigenvalue weighted by Gasteiger charge is 2.28. The largest absolute Gasteiger partial charge is 0.496 e. The highest BCUT2D eigenvalue weighted by Crippen LogP contribution is 2.25. The number of amides is 1. The molecule has 3 aromatic rings. The van der Waals surface area contributed by atoms with Crippen molar-refractivity contribution in [3.8, 4) is 5.75 Å². The van der Waals surface area contributed by atoms with E-state index in [0.717, 1.165) is 22.3 Å². The maximum atomic E-state index is 13.6. The Morgan fingerprint density at radius 2 is 1.57 bits per heavy atom. The number of carbonyl (C=O) groups is 1. The zero-order chi connectivity index (χ0) is 25.8. The molecule has 1 N–H and O–H groups in total. The van der Waals surface area contributed by atoms with Gasteiger partial charge >= 0.3 is 0 Å². The smallest absolute Gasteiger partial charge is 0.243 e. The fraction of sp³-hybridized carbons (Fsp3) is 0.321. The van der Waals surface area contributed by atoms with Gasteiger partial charge in [0.15, 0.2) is 0 Å². The zero-order valence-electron chi connectivity index (χ0n) is 21.3. The van der Waals surface area contributed by atoms with Crippen LogP contribution in [-0.2, 0) is 21.4 Å². The molecule has 0 spiro atoms. The zero-order valence-corrected chi connectivity index (χ0v) is 22.1. The summed E-state index contributed by atoms with van der Waals surface area (Å²) in [7, 11) is -2.40. The molecule has 0 saturated heterocycles. The third kappa shape index (κ3) is 6.29. The number of nitrogens with zero attached hydrogens (tertiary/aromatic N) is 1. The highest BCUT2D eigenvalue weighted by atomic mass is 32.2. The van der Waals surface area contributed by atoms with Crippen LogP contribution in [0.5, 0.6) is 5.75 Å². The molecule has 0 heterocycles. The van der Waals surface area contributed by atoms with Crippen molar-refractivity contribution in [1.29, 1.82) is 0 Å². The van der Waals surface area contributed by atoms with E-state index in [4.69, 9.17) is 4.74 Å². The molecule has 0 aliphatic rings. The second-order valence-electron chi connectivity index (χ2n) is 8.97. The summed E-state index contributed by atoms with van der Waals surface area (Å²) in [5.41, 5.74) is 5.95. The van der Waals surface area contributed by atoms with E-state index in [2.05, 4.69) is 24.4 Å². The van der Waals surface area contributed by atoms with Gasteiger partial charge in [-0.05, 0) is 86.2 Å². The van der Waals surface area contributed by atoms with Gasteiger partial charge in [-0.15, -0.1) is 0 Å². The van der Waals surface area contributed by atoms with Gasteiger partial charge < -0.3 is 10.1 Å². The number of ether oxygens (including phenoxy) is 1. The molecule has 0 fully saturated rings. The summed E-state index contributed by atoms with van der Waals surface area (Å²) in [5.74, 6) is 0.244. The standard InChI is InChI=1S/C28H34N2O4S/c1-19-14-21(3)26(16-20(19)2)23(5)29-28(31)18-30(17-24-10-8-7-9-11-24)35(32,33)25-12-13-27(34-6)22(4)15-25/h7-16,23H,17-18H2,1-6H3,(H,29,31)/t23-/m0/s1. The molecule has 0 unspecified atom stereocenters. The maximum Gasteiger partial charge on any atom is 0.243 e. The van der Waals surface area contributed by atoms with Crippen LogP contribution >= 0.6 is 0 Å². The molecule has 0 radical (unpaired) electrons. The number of aryl methyl sites for hydroxylation is 4. The van der Waals surface area contributed by atoms with Gasteiger partial charge in [0.05, 0.1) is 24.6 Å². The Hall–Kier alpha value is -3.16. The molecule has 1 atom stereocenters. The fourth-order valence-corrected chi connectivity index (χ4v) is 5.62. The van der Waals surface area contributed by atoms with Crippen LogP contribution in [0.3, 0.4) is 0 Å². The van der Waals surface area contributed by atoms with Gasteiger partial charge in [-0.3, -0.25) is 4.79 Å². The first kappa shape index (κ1) is 26.4. The lowest BCUT2D eigenvalue weighted by molar-refractivity contribution is -0.122. The first-order valence-electron chi connectivity index (χ1n) is 11.6. The minimum atomic E-state index is -3.95. The molecule has 0 saturated carbocycles. The average molecular weight is 495 g/mol. The van der Waals surface area contributed by atoms with E-state index in [1.54, 1.807) is 26.2 Å². The summed E-state index contributed by atoms with van der Waals surface area (Å²) in [5, 5.41) is 2.99. The van der Waals surface area contributed by atoms with Crippen LogP contribution in [0.1, 0.15) is 46.3 Å². The molecule has 6 nitrogen and oxygen atoms in total. The van der Waals surface area contributed by atoms with E-state index < -0.39 is 10.0 Å². The number of hydrogen-bond donors (Lipinski definition) is 1. The number of rotatable bonds is 9. The van der Waals surface area contributed by atoms with Gasteiger partial charge in [0, 0.05) is 6.54 Å². The molecule has 3 rings (SSSR count). The summed E-state index contributed by atoms with van der Waals surface area (Å²) < 4.78 is 33.7. The van der Waals surface area contributed by atoms with Gasteiger partial charge in [-0.25, -0.2) is 8.42 Å². The van der Waals surface area contributed by atoms with Crippen molar-refractivity contribution in [3.05, 3.63) is 94.0 Å². The van der Waals surface area contributed by atoms with Gasteiger partial charge in [0.25, 0.3) is 0 Å². The van der Waals surface area contributed by atoms with E-state index in [-0.39, 0.29) is 29.9 Å². The number of methoxy groups -OCH3 is 1. The molecule has 35 heavy (non-hydrogen) atoms. The first-order valence-corrected chi connectivity index (χ1v) is 13.0. The Labute approximate surface area is 209 Å². The quantitative estimate of drug-likeness (QED) is 0.454. The summed E-state index contributed by atoms with van der Waals surface area (Å²) in [6.07, 6.45) is 0. The van der Waals surface area contributed by atoms with E-state index in [1.807, 2.05) is 51.1 Å². The molecule has 7 heteroatoms. The van der Waals surface area contributed by atoms with Crippen molar-refractivity contribution in [2.24, 2.45) is 0 Å². The predicted octanol–water partition coefficient (Wildman–Crippen LogP) is 5.00. The Morgan fingerprint density at radius 3 is 2.20 bits per heavy atom. The van der Waals surface area contributed by atoms with Crippen LogP contribution in [0.15, 0.2) is 65.6 Å². The van der Waals surface area contributed by atoms with Crippen molar-refractivity contribution in [3.63, 3.8) is 0 Å². The van der Waals surface area contributed by atoms with Crippen molar-refractivity contribution in [1.82, 2.24) is 9.62 Å². The molecular weight excluding hydrogens is 460 g/mol. The van der Waals surface area contributed by atoms with Crippen molar-refractivity contribution in [2.45, 2.75) is 52.1 Å². The topological polar surface area (TPSA) is 75.7 Å². The fourth-order valence-electron chi connectivity index (χ4n) is 4.15. The molecule has 0 bridgehead atoms. The Bertz CT molecular complexity index is 1300. The second-order valence-corrected chi connectivity index (χ2v) is 10.9. The van der Waals surface area contributed by atoms with Crippen molar-refractivity contribution >= 4 is 15.9 Å². The highest BCUT2D eigenvalue weighted by molar-refractivity contribution is 7.89. The maximum absolute atomic E-state index is 13.6. The lowest BCUT2D eigenvalue weighted by Crippen LogP contribution is -2.41. The molecule has 1 amide bonds. The Balaban J connectivity index is 1.88. The van der Waals surface area contributed by atoms with Crippen LogP contribution in [0.2, 0.25) is 0 Å². The predicted molar refractivity (Wildman–Crippen MR) is 139 cm³/mol. The third-order valence-electron chi connectivity index (χ3n) is 6.25. The van der Waals surface area contributed by atoms with Crippen LogP contribution in [0, 0.1) is 27.7 Å². The molecular formula is C28H34N2O4S. The monoisotopic (exact) mass is 494 g/mol. The second kappa shape index (κ2) is 11.1. The number of benzene rings is 3. The van der Waals surface area contributed by atoms with Gasteiger partial charge in [0.2, 0.25) is 15.9 Å². The van der Waals surface area contributed by atoms with Crippen LogP contribution < -0.4 is 10.1 Å². The normalized spacial score (nSPS) is 12.4. The Morgan fingerprint density at radius 1 is 0.914 bits per heavy atom. The summed E-state index contributed by atoms with van der Waals surface area (Å²) >= 11 is 0. The minimum Gasteiger partial charge on any atom is -0.496 e. The van der Waals surface area contributed by atoms with E-state index in [9.17, 15) is 13.2 Å². The molecule has 0 aromatic heterocycles. The number of hydrogen-bond acceptors (Lipinski definition) is 4. The van der Waals surface area contributed by atoms with Crippen LogP contribution in [0.25, 0.3) is 0 Å². The van der Waals surface area contributed by atoms with Gasteiger partial charge in [-0.1, -0.05) is 42.5 Å². The van der Waals surface area contributed by atoms with Crippen LogP contribution in [-0.4, -0.2) is 32.3 Å². The van der Waals surface area contributed by atoms with Gasteiger partial charge in [0.1, 0.15) is 5.75 Å². The SMILES string of the molecule is COc1ccc(S(=O)(=O)N(CC(=O)N[C@@H](C)c2cc(C)c(C)cc2C)Cc2ccccc2)cc1C. The summed E-state index contributed by atoms with van der Waals surface area (Å²) in [4.78, 5) is 13.2. The summed E-state index contributed by atoms with van der Waals surface area (Å²) in [6.45, 7) is 9.61. The van der Waals surface area contributed by atoms with E-state index in [0.29, 0.717) is 11.3 Å². The Kier molecular flexibility index (Phi) is 8.35. The van der Waals surface area contributed by atoms with Crippen LogP contribution in [0.4, 0.5) is 0 Å². The van der Waals surface area contributed by atoms with Gasteiger partial charge in [-0.2, -0.15) is 4.31 Å². The average Bonchev–Trinajstić information content (AvgIpc) is 2.81. The minimum absolute atomic E-state index is 0.0821. The summed E-state index contributed by atoms with van der Waals surface area (Å²) in [6, 6.07) is 17.9. The number of sulfonamides is 1. The molecule has 186 valence electrons. The van der Waals surface area contributed by atoms with Crippen molar-refractivity contribution in [2.75, 3.05) is 13.7 Å². The first-order chi connectivity index (χ1) is 16.5. The van der Waals surface area contributed by atoms with E-state index in [1.165, 1.54) is 15.9 Å². The third-order valence-corrected chi connectivity index (χ3v) is 8.04. The number of carbonyl (C=O) groups excluding carboxylic acids is 1. The molecule has 0 aliphatic heterocycles. The van der Waals surface area contributed by atoms with E-state index >= 15 is 0 Å². The lowest BCUT2D eigenvalue weighted by Gasteiger charge is -2.24. The lowest BCUT2D eigenvalue weighted by atomic mass is 9.96. The number of nitrogens with one attached hydrogen (secondary N) is 1. The molecule has 3 aromatic carbocycles. The van der Waals surface area contributed by atoms with Crippen molar-refractivity contribution < 1.29 is 17.9 Å². The molecule has 0 aliphatic carbocycles.